The highest BCUT2D eigenvalue weighted by molar-refractivity contribution is 5.07. The number of rotatable bonds is 2. The molecule has 0 aromatic rings. The minimum atomic E-state index is -0.698. The Hall–Kier alpha value is -0.120. The molecule has 94 valence electrons. The standard InChI is InChI=1S/C13H25NO2/c1-10-4-3-5-12(8-10,9-14)13(15)6-7-16-11(13)2/h10-11,15H,3-9,14H2,1-2H3. The van der Waals surface area contributed by atoms with Crippen molar-refractivity contribution in [3.05, 3.63) is 0 Å². The van der Waals surface area contributed by atoms with Gasteiger partial charge in [0.25, 0.3) is 0 Å². The zero-order valence-corrected chi connectivity index (χ0v) is 10.5. The van der Waals surface area contributed by atoms with Crippen LogP contribution in [0.1, 0.15) is 46.0 Å². The molecule has 0 radical (unpaired) electrons. The number of nitrogens with two attached hydrogens (primary N) is 1. The first-order chi connectivity index (χ1) is 7.54. The fourth-order valence-corrected chi connectivity index (χ4v) is 3.84. The van der Waals surface area contributed by atoms with Crippen LogP contribution >= 0.6 is 0 Å². The molecule has 1 saturated carbocycles. The second kappa shape index (κ2) is 4.28. The predicted octanol–water partition coefficient (Wildman–Crippen LogP) is 1.68. The molecule has 0 bridgehead atoms. The topological polar surface area (TPSA) is 55.5 Å². The maximum absolute atomic E-state index is 10.9. The van der Waals surface area contributed by atoms with Gasteiger partial charge >= 0.3 is 0 Å². The van der Waals surface area contributed by atoms with Crippen molar-refractivity contribution in [2.45, 2.75) is 57.7 Å². The Bertz CT molecular complexity index is 258. The minimum Gasteiger partial charge on any atom is -0.386 e. The Morgan fingerprint density at radius 3 is 2.62 bits per heavy atom. The van der Waals surface area contributed by atoms with Crippen LogP contribution in [0.5, 0.6) is 0 Å². The maximum atomic E-state index is 10.9. The van der Waals surface area contributed by atoms with Crippen LogP contribution in [-0.4, -0.2) is 30.0 Å². The van der Waals surface area contributed by atoms with Gasteiger partial charge in [-0.05, 0) is 25.7 Å². The molecule has 1 saturated heterocycles. The molecule has 1 aliphatic heterocycles. The van der Waals surface area contributed by atoms with Crippen LogP contribution in [0.15, 0.2) is 0 Å². The van der Waals surface area contributed by atoms with Gasteiger partial charge in [0.15, 0.2) is 0 Å². The summed E-state index contributed by atoms with van der Waals surface area (Å²) in [5.41, 5.74) is 5.20. The van der Waals surface area contributed by atoms with Gasteiger partial charge in [-0.3, -0.25) is 0 Å². The van der Waals surface area contributed by atoms with Crippen LogP contribution in [0, 0.1) is 11.3 Å². The van der Waals surface area contributed by atoms with Gasteiger partial charge in [-0.25, -0.2) is 0 Å². The molecule has 3 N–H and O–H groups in total. The third-order valence-electron chi connectivity index (χ3n) is 4.92. The Morgan fingerprint density at radius 2 is 2.12 bits per heavy atom. The summed E-state index contributed by atoms with van der Waals surface area (Å²) in [5, 5.41) is 10.9. The molecule has 0 aromatic heterocycles. The van der Waals surface area contributed by atoms with Crippen LogP contribution in [0.4, 0.5) is 0 Å². The summed E-state index contributed by atoms with van der Waals surface area (Å²) < 4.78 is 5.58. The van der Waals surface area contributed by atoms with Crippen molar-refractivity contribution in [2.75, 3.05) is 13.2 Å². The molecule has 4 unspecified atom stereocenters. The van der Waals surface area contributed by atoms with Gasteiger partial charge in [0, 0.05) is 25.0 Å². The van der Waals surface area contributed by atoms with Crippen LogP contribution in [0.2, 0.25) is 0 Å². The van der Waals surface area contributed by atoms with E-state index in [0.717, 1.165) is 19.3 Å². The smallest absolute Gasteiger partial charge is 0.0995 e. The van der Waals surface area contributed by atoms with Crippen molar-refractivity contribution in [1.82, 2.24) is 0 Å². The summed E-state index contributed by atoms with van der Waals surface area (Å²) in [6.07, 6.45) is 5.24. The predicted molar refractivity (Wildman–Crippen MR) is 64.1 cm³/mol. The van der Waals surface area contributed by atoms with Gasteiger partial charge in [-0.1, -0.05) is 19.8 Å². The van der Waals surface area contributed by atoms with Crippen molar-refractivity contribution < 1.29 is 9.84 Å². The highest BCUT2D eigenvalue weighted by Gasteiger charge is 2.56. The van der Waals surface area contributed by atoms with Crippen LogP contribution in [0.25, 0.3) is 0 Å². The van der Waals surface area contributed by atoms with Crippen molar-refractivity contribution in [1.29, 1.82) is 0 Å². The molecular formula is C13H25NO2. The highest BCUT2D eigenvalue weighted by atomic mass is 16.5. The summed E-state index contributed by atoms with van der Waals surface area (Å²) in [7, 11) is 0. The molecule has 2 fully saturated rings. The average Bonchev–Trinajstić information content (AvgIpc) is 2.61. The van der Waals surface area contributed by atoms with Crippen molar-refractivity contribution in [3.63, 3.8) is 0 Å². The Morgan fingerprint density at radius 1 is 1.38 bits per heavy atom. The number of hydrogen-bond donors (Lipinski definition) is 2. The van der Waals surface area contributed by atoms with E-state index >= 15 is 0 Å². The first kappa shape index (κ1) is 12.3. The monoisotopic (exact) mass is 227 g/mol. The van der Waals surface area contributed by atoms with Crippen molar-refractivity contribution >= 4 is 0 Å². The molecule has 0 amide bonds. The fourth-order valence-electron chi connectivity index (χ4n) is 3.84. The number of aliphatic hydroxyl groups is 1. The van der Waals surface area contributed by atoms with E-state index in [4.69, 9.17) is 10.5 Å². The molecule has 2 aliphatic rings. The molecule has 4 atom stereocenters. The minimum absolute atomic E-state index is 0.0682. The normalized spacial score (nSPS) is 49.5. The third-order valence-corrected chi connectivity index (χ3v) is 4.92. The second-order valence-corrected chi connectivity index (χ2v) is 5.87. The van der Waals surface area contributed by atoms with E-state index in [1.54, 1.807) is 0 Å². The third kappa shape index (κ3) is 1.69. The lowest BCUT2D eigenvalue weighted by Crippen LogP contribution is -2.58. The average molecular weight is 227 g/mol. The van der Waals surface area contributed by atoms with E-state index in [9.17, 15) is 5.11 Å². The quantitative estimate of drug-likeness (QED) is 0.754. The van der Waals surface area contributed by atoms with Crippen LogP contribution in [0.3, 0.4) is 0 Å². The number of hydrogen-bond acceptors (Lipinski definition) is 3. The SMILES string of the molecule is CC1CCCC(CN)(C2(O)CCOC2C)C1. The summed E-state index contributed by atoms with van der Waals surface area (Å²) in [6.45, 7) is 5.52. The summed E-state index contributed by atoms with van der Waals surface area (Å²) in [6, 6.07) is 0. The van der Waals surface area contributed by atoms with Gasteiger partial charge in [0.05, 0.1) is 11.7 Å². The van der Waals surface area contributed by atoms with E-state index in [2.05, 4.69) is 6.92 Å². The molecule has 0 aromatic carbocycles. The lowest BCUT2D eigenvalue weighted by Gasteiger charge is -2.50. The summed E-state index contributed by atoms with van der Waals surface area (Å²) in [4.78, 5) is 0. The lowest BCUT2D eigenvalue weighted by molar-refractivity contribution is -0.138. The van der Waals surface area contributed by atoms with Gasteiger partial charge in [0.1, 0.15) is 0 Å². The van der Waals surface area contributed by atoms with Gasteiger partial charge in [-0.15, -0.1) is 0 Å². The largest absolute Gasteiger partial charge is 0.386 e. The molecule has 16 heavy (non-hydrogen) atoms. The van der Waals surface area contributed by atoms with Gasteiger partial charge < -0.3 is 15.6 Å². The number of ether oxygens (including phenoxy) is 1. The highest BCUT2D eigenvalue weighted by Crippen LogP contribution is 2.51. The zero-order chi connectivity index (χ0) is 11.8. The molecule has 1 heterocycles. The summed E-state index contributed by atoms with van der Waals surface area (Å²) >= 11 is 0. The molecule has 0 spiro atoms. The molecule has 3 nitrogen and oxygen atoms in total. The lowest BCUT2D eigenvalue weighted by atomic mass is 9.59. The van der Waals surface area contributed by atoms with E-state index in [1.807, 2.05) is 6.92 Å². The summed E-state index contributed by atoms with van der Waals surface area (Å²) in [5.74, 6) is 0.675. The van der Waals surface area contributed by atoms with E-state index in [-0.39, 0.29) is 11.5 Å². The Labute approximate surface area is 98.4 Å². The first-order valence-corrected chi connectivity index (χ1v) is 6.58. The van der Waals surface area contributed by atoms with Crippen LogP contribution in [-0.2, 0) is 4.74 Å². The van der Waals surface area contributed by atoms with E-state index < -0.39 is 5.60 Å². The van der Waals surface area contributed by atoms with Crippen molar-refractivity contribution in [3.8, 4) is 0 Å². The Kier molecular flexibility index (Phi) is 3.30. The molecule has 2 rings (SSSR count). The maximum Gasteiger partial charge on any atom is 0.0995 e. The first-order valence-electron chi connectivity index (χ1n) is 6.58. The van der Waals surface area contributed by atoms with Crippen LogP contribution < -0.4 is 5.73 Å². The van der Waals surface area contributed by atoms with E-state index in [0.29, 0.717) is 19.1 Å². The zero-order valence-electron chi connectivity index (χ0n) is 10.5. The Balaban J connectivity index is 2.25. The molecule has 1 aliphatic carbocycles. The molecule has 3 heteroatoms. The van der Waals surface area contributed by atoms with Gasteiger partial charge in [0.2, 0.25) is 0 Å². The second-order valence-electron chi connectivity index (χ2n) is 5.87. The molecular weight excluding hydrogens is 202 g/mol. The van der Waals surface area contributed by atoms with E-state index in [1.165, 1.54) is 12.8 Å². The van der Waals surface area contributed by atoms with Crippen molar-refractivity contribution in [2.24, 2.45) is 17.1 Å². The fraction of sp³-hybridized carbons (Fsp3) is 1.00. The van der Waals surface area contributed by atoms with Gasteiger partial charge in [-0.2, -0.15) is 0 Å².